The Hall–Kier alpha value is -1.61. The molecular formula is C20H32N5O3S+. The zero-order valence-corrected chi connectivity index (χ0v) is 18.3. The van der Waals surface area contributed by atoms with Gasteiger partial charge in [-0.15, -0.1) is 10.2 Å². The number of nitrogens with zero attached hydrogens (tertiary/aromatic N) is 2. The largest absolute Gasteiger partial charge is 0.410 e. The van der Waals surface area contributed by atoms with Crippen LogP contribution in [0.3, 0.4) is 0 Å². The summed E-state index contributed by atoms with van der Waals surface area (Å²) >= 11 is 1.16. The van der Waals surface area contributed by atoms with Gasteiger partial charge < -0.3 is 14.6 Å². The summed E-state index contributed by atoms with van der Waals surface area (Å²) in [5, 5.41) is 14.1. The Balaban J connectivity index is 1.25. The number of carbonyl (C=O) groups excluding carboxylic acids is 2. The van der Waals surface area contributed by atoms with Crippen LogP contribution < -0.4 is 15.5 Å². The van der Waals surface area contributed by atoms with Crippen molar-refractivity contribution in [2.45, 2.75) is 68.7 Å². The Kier molecular flexibility index (Phi) is 5.88. The second kappa shape index (κ2) is 8.26. The molecule has 5 rings (SSSR count). The van der Waals surface area contributed by atoms with Crippen molar-refractivity contribution in [1.29, 1.82) is 0 Å². The van der Waals surface area contributed by atoms with Crippen LogP contribution in [0.25, 0.3) is 0 Å². The lowest BCUT2D eigenvalue weighted by molar-refractivity contribution is -0.894. The second-order valence-electron chi connectivity index (χ2n) is 9.43. The molecule has 4 fully saturated rings. The summed E-state index contributed by atoms with van der Waals surface area (Å²) in [6, 6.07) is -0.234. The smallest absolute Gasteiger partial charge is 0.321 e. The van der Waals surface area contributed by atoms with E-state index in [1.807, 2.05) is 14.1 Å². The summed E-state index contributed by atoms with van der Waals surface area (Å²) in [6.07, 6.45) is 8.03. The van der Waals surface area contributed by atoms with Crippen molar-refractivity contribution < 1.29 is 18.9 Å². The molecule has 0 saturated heterocycles. The lowest BCUT2D eigenvalue weighted by Crippen LogP contribution is -3.06. The fourth-order valence-corrected chi connectivity index (χ4v) is 6.64. The Morgan fingerprint density at radius 3 is 2.34 bits per heavy atom. The molecule has 1 atom stereocenters. The number of amides is 3. The third-order valence-electron chi connectivity index (χ3n) is 6.82. The van der Waals surface area contributed by atoms with Gasteiger partial charge in [-0.2, -0.15) is 0 Å². The maximum Gasteiger partial charge on any atom is 0.321 e. The van der Waals surface area contributed by atoms with Crippen molar-refractivity contribution in [3.63, 3.8) is 0 Å². The van der Waals surface area contributed by atoms with E-state index in [1.54, 1.807) is 0 Å². The first-order valence-corrected chi connectivity index (χ1v) is 11.7. The topological polar surface area (TPSA) is 102 Å². The molecule has 4 saturated carbocycles. The zero-order chi connectivity index (χ0) is 20.6. The molecule has 4 aliphatic rings. The van der Waals surface area contributed by atoms with Crippen LogP contribution in [0.5, 0.6) is 0 Å². The molecule has 1 aromatic rings. The Bertz CT molecular complexity index is 730. The van der Waals surface area contributed by atoms with Crippen LogP contribution in [0.15, 0.2) is 9.64 Å². The van der Waals surface area contributed by atoms with E-state index in [1.165, 1.54) is 24.2 Å². The van der Waals surface area contributed by atoms with Gasteiger partial charge in [-0.25, -0.2) is 4.79 Å². The van der Waals surface area contributed by atoms with Crippen LogP contribution in [0, 0.1) is 17.8 Å². The summed E-state index contributed by atoms with van der Waals surface area (Å²) in [4.78, 5) is 25.9. The monoisotopic (exact) mass is 422 g/mol. The van der Waals surface area contributed by atoms with Crippen molar-refractivity contribution in [1.82, 2.24) is 20.8 Å². The van der Waals surface area contributed by atoms with Crippen molar-refractivity contribution in [3.8, 4) is 0 Å². The van der Waals surface area contributed by atoms with E-state index in [9.17, 15) is 9.59 Å². The first kappa shape index (κ1) is 20.7. The second-order valence-corrected chi connectivity index (χ2v) is 10.4. The third kappa shape index (κ3) is 4.60. The molecule has 160 valence electrons. The van der Waals surface area contributed by atoms with Crippen molar-refractivity contribution in [2.75, 3.05) is 19.8 Å². The maximum atomic E-state index is 12.5. The molecule has 3 N–H and O–H groups in total. The molecule has 0 aliphatic heterocycles. The van der Waals surface area contributed by atoms with Gasteiger partial charge in [0.1, 0.15) is 0 Å². The van der Waals surface area contributed by atoms with Gasteiger partial charge in [-0.05, 0) is 56.3 Å². The molecule has 0 unspecified atom stereocenters. The quantitative estimate of drug-likeness (QED) is 0.577. The van der Waals surface area contributed by atoms with Gasteiger partial charge in [0.2, 0.25) is 5.91 Å². The summed E-state index contributed by atoms with van der Waals surface area (Å²) in [7, 11) is 4.09. The van der Waals surface area contributed by atoms with Crippen LogP contribution in [-0.2, 0) is 4.79 Å². The van der Waals surface area contributed by atoms with E-state index in [2.05, 4.69) is 27.8 Å². The highest BCUT2D eigenvalue weighted by Crippen LogP contribution is 2.55. The van der Waals surface area contributed by atoms with Crippen LogP contribution >= 0.6 is 11.8 Å². The predicted molar refractivity (Wildman–Crippen MR) is 108 cm³/mol. The van der Waals surface area contributed by atoms with Crippen LogP contribution in [-0.4, -0.2) is 47.5 Å². The fourth-order valence-electron chi connectivity index (χ4n) is 6.08. The summed E-state index contributed by atoms with van der Waals surface area (Å²) < 4.78 is 5.68. The number of aromatic nitrogens is 2. The van der Waals surface area contributed by atoms with Crippen LogP contribution in [0.4, 0.5) is 4.79 Å². The van der Waals surface area contributed by atoms with Gasteiger partial charge in [0, 0.05) is 12.0 Å². The number of imide groups is 1. The molecule has 9 heteroatoms. The van der Waals surface area contributed by atoms with Gasteiger partial charge in [0.15, 0.2) is 6.04 Å². The number of nitrogens with one attached hydrogen (secondary N) is 3. The number of urea groups is 1. The molecule has 0 radical (unpaired) electrons. The molecule has 29 heavy (non-hydrogen) atoms. The molecule has 4 bridgehead atoms. The van der Waals surface area contributed by atoms with E-state index in [-0.39, 0.29) is 29.3 Å². The minimum atomic E-state index is -0.369. The first-order valence-electron chi connectivity index (χ1n) is 10.7. The summed E-state index contributed by atoms with van der Waals surface area (Å²) in [5.74, 6) is 2.54. The molecular weight excluding hydrogens is 390 g/mol. The van der Waals surface area contributed by atoms with Crippen LogP contribution in [0.2, 0.25) is 0 Å². The molecule has 4 aliphatic carbocycles. The Labute approximate surface area is 175 Å². The van der Waals surface area contributed by atoms with E-state index in [0.29, 0.717) is 11.1 Å². The summed E-state index contributed by atoms with van der Waals surface area (Å²) in [5.41, 5.74) is -0.0999. The van der Waals surface area contributed by atoms with Gasteiger partial charge >= 0.3 is 6.03 Å². The Morgan fingerprint density at radius 2 is 1.79 bits per heavy atom. The van der Waals surface area contributed by atoms with Gasteiger partial charge in [-0.1, -0.05) is 18.7 Å². The van der Waals surface area contributed by atoms with Gasteiger partial charge in [-0.3, -0.25) is 10.1 Å². The van der Waals surface area contributed by atoms with Crippen molar-refractivity contribution >= 4 is 23.7 Å². The molecule has 0 spiro atoms. The highest BCUT2D eigenvalue weighted by atomic mass is 32.2. The maximum absolute atomic E-state index is 12.5. The molecule has 3 amide bonds. The van der Waals surface area contributed by atoms with E-state index < -0.39 is 0 Å². The molecule has 1 heterocycles. The number of quaternary nitrogens is 1. The Morgan fingerprint density at radius 1 is 1.17 bits per heavy atom. The van der Waals surface area contributed by atoms with Crippen LogP contribution in [0.1, 0.15) is 63.8 Å². The minimum Gasteiger partial charge on any atom is -0.410 e. The highest BCUT2D eigenvalue weighted by Gasteiger charge is 2.51. The van der Waals surface area contributed by atoms with Crippen molar-refractivity contribution in [3.05, 3.63) is 5.89 Å². The number of hydrogen-bond donors (Lipinski definition) is 3. The zero-order valence-electron chi connectivity index (χ0n) is 17.5. The van der Waals surface area contributed by atoms with E-state index >= 15 is 0 Å². The standard InChI is InChI=1S/C20H31N5O3S/c1-4-15(25(2)3)17-23-24-19(28-17)29-11-16(26)21-18(27)22-20-8-12-5-13(9-20)7-14(6-12)10-20/h12-15H,4-11H2,1-3H3,(H2,21,22,26,27)/p+1/t12?,13?,14?,15-,20?/m1/s1. The van der Waals surface area contributed by atoms with Crippen molar-refractivity contribution in [2.24, 2.45) is 17.8 Å². The van der Waals surface area contributed by atoms with Gasteiger partial charge in [0.25, 0.3) is 11.1 Å². The van der Waals surface area contributed by atoms with E-state index in [4.69, 9.17) is 4.42 Å². The summed E-state index contributed by atoms with van der Waals surface area (Å²) in [6.45, 7) is 2.07. The average Bonchev–Trinajstić information content (AvgIpc) is 3.07. The van der Waals surface area contributed by atoms with Gasteiger partial charge in [0.05, 0.1) is 19.8 Å². The van der Waals surface area contributed by atoms with E-state index in [0.717, 1.165) is 55.2 Å². The molecule has 8 nitrogen and oxygen atoms in total. The number of thioether (sulfide) groups is 1. The minimum absolute atomic E-state index is 0.0710. The fraction of sp³-hybridized carbons (Fsp3) is 0.800. The predicted octanol–water partition coefficient (Wildman–Crippen LogP) is 1.55. The lowest BCUT2D eigenvalue weighted by atomic mass is 9.53. The average molecular weight is 423 g/mol. The normalized spacial score (nSPS) is 31.1. The number of rotatable bonds is 7. The number of carbonyl (C=O) groups is 2. The molecule has 0 aromatic carbocycles. The SMILES string of the molecule is CC[C@H](c1nnc(SCC(=O)NC(=O)NC23CC4CC(CC(C4)C2)C3)o1)[NH+](C)C. The molecule has 1 aromatic heterocycles. The first-order chi connectivity index (χ1) is 13.9. The highest BCUT2D eigenvalue weighted by molar-refractivity contribution is 7.99. The lowest BCUT2D eigenvalue weighted by Gasteiger charge is -2.56. The number of hydrogen-bond acceptors (Lipinski definition) is 6. The third-order valence-corrected chi connectivity index (χ3v) is 7.64.